The summed E-state index contributed by atoms with van der Waals surface area (Å²) in [5, 5.41) is 13.4. The lowest BCUT2D eigenvalue weighted by molar-refractivity contribution is 0.465. The minimum atomic E-state index is -0.0812. The third-order valence-corrected chi connectivity index (χ3v) is 5.02. The number of benzene rings is 2. The Kier molecular flexibility index (Phi) is 4.26. The van der Waals surface area contributed by atoms with E-state index in [9.17, 15) is 5.11 Å². The normalized spacial score (nSPS) is 12.2. The Morgan fingerprint density at radius 3 is 2.77 bits per heavy atom. The van der Waals surface area contributed by atoms with Crippen molar-refractivity contribution in [2.75, 3.05) is 5.32 Å². The van der Waals surface area contributed by atoms with Gasteiger partial charge in [0.1, 0.15) is 17.4 Å². The minimum absolute atomic E-state index is 0.0812. The molecule has 0 fully saturated rings. The molecule has 0 saturated heterocycles. The molecule has 0 unspecified atom stereocenters. The molecule has 0 aliphatic rings. The third-order valence-electron chi connectivity index (χ3n) is 4.23. The number of aryl methyl sites for hydroxylation is 1. The molecule has 0 saturated carbocycles. The molecule has 5 nitrogen and oxygen atoms in total. The second kappa shape index (κ2) is 6.72. The highest BCUT2D eigenvalue weighted by Gasteiger charge is 2.12. The predicted octanol–water partition coefficient (Wildman–Crippen LogP) is 4.94. The Hall–Kier alpha value is -2.99. The fraction of sp³-hybridized carbons (Fsp3) is 0.150. The number of hydrogen-bond donors (Lipinski definition) is 2. The Bertz CT molecular complexity index is 1080. The zero-order valence-corrected chi connectivity index (χ0v) is 15.3. The highest BCUT2D eigenvalue weighted by molar-refractivity contribution is 7.16. The van der Waals surface area contributed by atoms with E-state index in [1.807, 2.05) is 55.8 Å². The Labute approximate surface area is 155 Å². The summed E-state index contributed by atoms with van der Waals surface area (Å²) in [5.41, 5.74) is 5.57. The van der Waals surface area contributed by atoms with Gasteiger partial charge < -0.3 is 10.4 Å². The molecule has 2 N–H and O–H groups in total. The summed E-state index contributed by atoms with van der Waals surface area (Å²) < 4.78 is 1.14. The van der Waals surface area contributed by atoms with E-state index in [0.29, 0.717) is 5.82 Å². The molecule has 0 aliphatic carbocycles. The van der Waals surface area contributed by atoms with Crippen LogP contribution in [0.15, 0.2) is 54.0 Å². The molecule has 1 atom stereocenters. The van der Waals surface area contributed by atoms with E-state index in [2.05, 4.69) is 26.3 Å². The summed E-state index contributed by atoms with van der Waals surface area (Å²) in [6.45, 7) is 3.88. The second-order valence-electron chi connectivity index (χ2n) is 6.15. The van der Waals surface area contributed by atoms with E-state index in [1.165, 1.54) is 0 Å². The van der Waals surface area contributed by atoms with Gasteiger partial charge in [0.05, 0.1) is 27.5 Å². The maximum Gasteiger partial charge on any atom is 0.130 e. The molecule has 0 aliphatic heterocycles. The zero-order valence-electron chi connectivity index (χ0n) is 14.5. The number of nitrogens with zero attached hydrogens (tertiary/aromatic N) is 3. The van der Waals surface area contributed by atoms with Gasteiger partial charge in [0.15, 0.2) is 0 Å². The molecule has 2 aromatic heterocycles. The van der Waals surface area contributed by atoms with Gasteiger partial charge in [-0.1, -0.05) is 24.3 Å². The quantitative estimate of drug-likeness (QED) is 0.538. The number of hydrogen-bond acceptors (Lipinski definition) is 6. The van der Waals surface area contributed by atoms with Crippen LogP contribution in [0.3, 0.4) is 0 Å². The van der Waals surface area contributed by atoms with Crippen LogP contribution >= 0.6 is 11.3 Å². The smallest absolute Gasteiger partial charge is 0.130 e. The predicted molar refractivity (Wildman–Crippen MR) is 106 cm³/mol. The van der Waals surface area contributed by atoms with Gasteiger partial charge in [-0.25, -0.2) is 15.0 Å². The lowest BCUT2D eigenvalue weighted by atomic mass is 10.1. The van der Waals surface area contributed by atoms with Crippen molar-refractivity contribution in [3.8, 4) is 17.0 Å². The molecular weight excluding hydrogens is 344 g/mol. The molecule has 6 heteroatoms. The summed E-state index contributed by atoms with van der Waals surface area (Å²) in [5.74, 6) is 1.70. The third kappa shape index (κ3) is 3.23. The van der Waals surface area contributed by atoms with Crippen molar-refractivity contribution in [2.45, 2.75) is 19.9 Å². The highest BCUT2D eigenvalue weighted by atomic mass is 32.1. The molecule has 130 valence electrons. The molecular formula is C20H18N4OS. The van der Waals surface area contributed by atoms with Crippen molar-refractivity contribution in [1.29, 1.82) is 0 Å². The van der Waals surface area contributed by atoms with Crippen LogP contribution in [0, 0.1) is 6.92 Å². The molecule has 0 radical (unpaired) electrons. The first-order valence-electron chi connectivity index (χ1n) is 8.34. The van der Waals surface area contributed by atoms with Crippen LogP contribution in [0.2, 0.25) is 0 Å². The van der Waals surface area contributed by atoms with E-state index in [4.69, 9.17) is 0 Å². The van der Waals surface area contributed by atoms with E-state index >= 15 is 0 Å². The number of fused-ring (bicyclic) bond motifs is 1. The monoisotopic (exact) mass is 362 g/mol. The van der Waals surface area contributed by atoms with Crippen LogP contribution < -0.4 is 5.32 Å². The largest absolute Gasteiger partial charge is 0.508 e. The topological polar surface area (TPSA) is 70.9 Å². The fourth-order valence-corrected chi connectivity index (χ4v) is 3.67. The van der Waals surface area contributed by atoms with Gasteiger partial charge in [0.2, 0.25) is 0 Å². The molecule has 4 aromatic rings. The fourth-order valence-electron chi connectivity index (χ4n) is 2.96. The van der Waals surface area contributed by atoms with Gasteiger partial charge >= 0.3 is 0 Å². The average Bonchev–Trinajstić information content (AvgIpc) is 3.09. The van der Waals surface area contributed by atoms with Gasteiger partial charge in [-0.3, -0.25) is 0 Å². The van der Waals surface area contributed by atoms with Crippen molar-refractivity contribution in [1.82, 2.24) is 15.0 Å². The Morgan fingerprint density at radius 1 is 1.08 bits per heavy atom. The van der Waals surface area contributed by atoms with E-state index in [1.54, 1.807) is 17.4 Å². The van der Waals surface area contributed by atoms with Crippen LogP contribution in [0.1, 0.15) is 24.4 Å². The molecule has 0 bridgehead atoms. The lowest BCUT2D eigenvalue weighted by Gasteiger charge is -2.17. The number of aromatic nitrogens is 3. The maximum absolute atomic E-state index is 10.0. The SMILES string of the molecule is Cc1nc(N[C@@H](C)c2ccccc2O)cc(-c2ccc3ncsc3c2)n1. The van der Waals surface area contributed by atoms with Gasteiger partial charge in [-0.05, 0) is 32.0 Å². The van der Waals surface area contributed by atoms with Crippen LogP contribution in [-0.4, -0.2) is 20.1 Å². The number of phenols is 1. The van der Waals surface area contributed by atoms with Crippen molar-refractivity contribution >= 4 is 27.4 Å². The van der Waals surface area contributed by atoms with Gasteiger partial charge in [0.25, 0.3) is 0 Å². The Balaban J connectivity index is 1.66. The first-order chi connectivity index (χ1) is 12.6. The number of para-hydroxylation sites is 1. The van der Waals surface area contributed by atoms with Gasteiger partial charge in [-0.2, -0.15) is 0 Å². The summed E-state index contributed by atoms with van der Waals surface area (Å²) >= 11 is 1.62. The summed E-state index contributed by atoms with van der Waals surface area (Å²) in [4.78, 5) is 13.4. The van der Waals surface area contributed by atoms with Crippen molar-refractivity contribution < 1.29 is 5.11 Å². The van der Waals surface area contributed by atoms with Crippen LogP contribution in [-0.2, 0) is 0 Å². The summed E-state index contributed by atoms with van der Waals surface area (Å²) in [7, 11) is 0. The molecule has 0 spiro atoms. The first kappa shape index (κ1) is 16.5. The van der Waals surface area contributed by atoms with Crippen molar-refractivity contribution in [3.63, 3.8) is 0 Å². The van der Waals surface area contributed by atoms with E-state index in [0.717, 1.165) is 32.9 Å². The van der Waals surface area contributed by atoms with Crippen LogP contribution in [0.4, 0.5) is 5.82 Å². The first-order valence-corrected chi connectivity index (χ1v) is 9.22. The van der Waals surface area contributed by atoms with E-state index < -0.39 is 0 Å². The summed E-state index contributed by atoms with van der Waals surface area (Å²) in [6.07, 6.45) is 0. The number of phenolic OH excluding ortho intramolecular Hbond substituents is 1. The summed E-state index contributed by atoms with van der Waals surface area (Å²) in [6, 6.07) is 15.3. The number of nitrogens with one attached hydrogen (secondary N) is 1. The van der Waals surface area contributed by atoms with Crippen LogP contribution in [0.25, 0.3) is 21.5 Å². The maximum atomic E-state index is 10.0. The number of aromatic hydroxyl groups is 1. The number of thiazole rings is 1. The minimum Gasteiger partial charge on any atom is -0.508 e. The van der Waals surface area contributed by atoms with E-state index in [-0.39, 0.29) is 11.8 Å². The second-order valence-corrected chi connectivity index (χ2v) is 7.03. The standard InChI is InChI=1S/C20H18N4OS/c1-12(15-5-3-4-6-18(15)25)22-20-10-17(23-13(2)24-20)14-7-8-16-19(9-14)26-11-21-16/h3-12,25H,1-2H3,(H,22,23,24)/t12-/m0/s1. The zero-order chi connectivity index (χ0) is 18.1. The average molecular weight is 362 g/mol. The van der Waals surface area contributed by atoms with Crippen molar-refractivity contribution in [3.05, 3.63) is 65.4 Å². The van der Waals surface area contributed by atoms with Crippen molar-refractivity contribution in [2.24, 2.45) is 0 Å². The number of rotatable bonds is 4. The number of anilines is 1. The molecule has 0 amide bonds. The Morgan fingerprint density at radius 2 is 1.92 bits per heavy atom. The van der Waals surface area contributed by atoms with Crippen LogP contribution in [0.5, 0.6) is 5.75 Å². The molecule has 2 aromatic carbocycles. The molecule has 4 rings (SSSR count). The lowest BCUT2D eigenvalue weighted by Crippen LogP contribution is -2.09. The molecule has 26 heavy (non-hydrogen) atoms. The van der Waals surface area contributed by atoms with Gasteiger partial charge in [0, 0.05) is 17.2 Å². The molecule has 2 heterocycles. The van der Waals surface area contributed by atoms with Gasteiger partial charge in [-0.15, -0.1) is 11.3 Å². The highest BCUT2D eigenvalue weighted by Crippen LogP contribution is 2.29.